The maximum Gasteiger partial charge on any atom is 0.167 e. The van der Waals surface area contributed by atoms with Gasteiger partial charge in [0.15, 0.2) is 5.76 Å². The average molecular weight is 353 g/mol. The van der Waals surface area contributed by atoms with Crippen LogP contribution in [0.5, 0.6) is 5.75 Å². The molecule has 0 aliphatic heterocycles. The molecule has 1 aromatic heterocycles. The van der Waals surface area contributed by atoms with Crippen molar-refractivity contribution in [3.63, 3.8) is 0 Å². The molecule has 0 saturated heterocycles. The number of aryl methyl sites for hydroxylation is 1. The Kier molecular flexibility index (Phi) is 6.04. The van der Waals surface area contributed by atoms with Crippen LogP contribution in [0.3, 0.4) is 0 Å². The molecule has 2 atom stereocenters. The average Bonchev–Trinajstić information content (AvgIpc) is 3.18. The Labute approximate surface area is 152 Å². The normalized spacial score (nSPS) is 13.3. The first-order valence-electron chi connectivity index (χ1n) is 8.67. The molecule has 0 aliphatic carbocycles. The highest BCUT2D eigenvalue weighted by molar-refractivity contribution is 5.57. The molecule has 0 saturated carbocycles. The minimum atomic E-state index is -0.859. The summed E-state index contributed by atoms with van der Waals surface area (Å²) >= 11 is 0. The largest absolute Gasteiger partial charge is 0.497 e. The van der Waals surface area contributed by atoms with Gasteiger partial charge in [0.1, 0.15) is 17.5 Å². The number of hydrogen-bond acceptors (Lipinski definition) is 5. The summed E-state index contributed by atoms with van der Waals surface area (Å²) in [6.45, 7) is 0. The number of ether oxygens (including phenoxy) is 1. The highest BCUT2D eigenvalue weighted by Gasteiger charge is 2.18. The highest BCUT2D eigenvalue weighted by atomic mass is 16.5. The van der Waals surface area contributed by atoms with E-state index >= 15 is 0 Å². The molecule has 0 aliphatic rings. The fourth-order valence-electron chi connectivity index (χ4n) is 2.81. The first-order valence-corrected chi connectivity index (χ1v) is 8.67. The summed E-state index contributed by atoms with van der Waals surface area (Å²) in [5, 5.41) is 24.5. The standard InChI is InChI=1S/C21H23NO4/c1-25-18-11-8-15(9-12-18)7-10-17(23)13-20(24)19-14-21(26-22-19)16-5-3-2-4-6-16/h2-6,8-9,11-12,14,17,20,23-24H,7,10,13H2,1H3/t17-,20-/m0/s1. The van der Waals surface area contributed by atoms with Crippen LogP contribution in [-0.4, -0.2) is 28.6 Å². The molecular weight excluding hydrogens is 330 g/mol. The first-order chi connectivity index (χ1) is 12.7. The number of aliphatic hydroxyl groups is 2. The lowest BCUT2D eigenvalue weighted by Gasteiger charge is -2.13. The third-order valence-corrected chi connectivity index (χ3v) is 4.35. The van der Waals surface area contributed by atoms with E-state index in [4.69, 9.17) is 9.26 Å². The van der Waals surface area contributed by atoms with Crippen LogP contribution in [-0.2, 0) is 6.42 Å². The molecule has 136 valence electrons. The summed E-state index contributed by atoms with van der Waals surface area (Å²) in [5.41, 5.74) is 2.46. The van der Waals surface area contributed by atoms with E-state index in [2.05, 4.69) is 5.16 Å². The van der Waals surface area contributed by atoms with Crippen molar-refractivity contribution in [3.8, 4) is 17.1 Å². The molecule has 1 heterocycles. The van der Waals surface area contributed by atoms with Gasteiger partial charge >= 0.3 is 0 Å². The maximum atomic E-state index is 10.3. The zero-order valence-electron chi connectivity index (χ0n) is 14.7. The van der Waals surface area contributed by atoms with Crippen LogP contribution >= 0.6 is 0 Å². The first kappa shape index (κ1) is 18.2. The summed E-state index contributed by atoms with van der Waals surface area (Å²) < 4.78 is 10.4. The van der Waals surface area contributed by atoms with Gasteiger partial charge in [-0.25, -0.2) is 0 Å². The Morgan fingerprint density at radius 2 is 1.77 bits per heavy atom. The molecule has 2 N–H and O–H groups in total. The Balaban J connectivity index is 1.52. The van der Waals surface area contributed by atoms with Gasteiger partial charge in [-0.05, 0) is 30.5 Å². The van der Waals surface area contributed by atoms with Crippen LogP contribution in [0.4, 0.5) is 0 Å². The summed E-state index contributed by atoms with van der Waals surface area (Å²) in [6, 6.07) is 19.1. The SMILES string of the molecule is COc1ccc(CC[C@H](O)C[C@H](O)c2cc(-c3ccccc3)on2)cc1. The highest BCUT2D eigenvalue weighted by Crippen LogP contribution is 2.25. The Morgan fingerprint density at radius 3 is 2.46 bits per heavy atom. The molecular formula is C21H23NO4. The molecule has 3 rings (SSSR count). The second kappa shape index (κ2) is 8.65. The predicted molar refractivity (Wildman–Crippen MR) is 98.8 cm³/mol. The number of nitrogens with zero attached hydrogens (tertiary/aromatic N) is 1. The third-order valence-electron chi connectivity index (χ3n) is 4.35. The molecule has 5 heteroatoms. The van der Waals surface area contributed by atoms with E-state index in [-0.39, 0.29) is 6.42 Å². The number of benzene rings is 2. The molecule has 0 bridgehead atoms. The lowest BCUT2D eigenvalue weighted by molar-refractivity contribution is 0.0717. The quantitative estimate of drug-likeness (QED) is 0.645. The Bertz CT molecular complexity index is 798. The van der Waals surface area contributed by atoms with Gasteiger partial charge in [-0.2, -0.15) is 0 Å². The fraction of sp³-hybridized carbons (Fsp3) is 0.286. The monoisotopic (exact) mass is 353 g/mol. The van der Waals surface area contributed by atoms with Crippen molar-refractivity contribution in [2.45, 2.75) is 31.5 Å². The minimum Gasteiger partial charge on any atom is -0.497 e. The smallest absolute Gasteiger partial charge is 0.167 e. The second-order valence-corrected chi connectivity index (χ2v) is 6.27. The van der Waals surface area contributed by atoms with Crippen LogP contribution in [0.25, 0.3) is 11.3 Å². The second-order valence-electron chi connectivity index (χ2n) is 6.27. The van der Waals surface area contributed by atoms with Crippen molar-refractivity contribution < 1.29 is 19.5 Å². The molecule has 0 radical (unpaired) electrons. The lowest BCUT2D eigenvalue weighted by atomic mass is 10.0. The number of hydrogen-bond donors (Lipinski definition) is 2. The zero-order chi connectivity index (χ0) is 18.4. The number of aromatic nitrogens is 1. The maximum absolute atomic E-state index is 10.3. The van der Waals surface area contributed by atoms with Crippen LogP contribution < -0.4 is 4.74 Å². The summed E-state index contributed by atoms with van der Waals surface area (Å²) in [6.07, 6.45) is 0.0291. The van der Waals surface area contributed by atoms with E-state index in [9.17, 15) is 10.2 Å². The van der Waals surface area contributed by atoms with Crippen molar-refractivity contribution in [2.24, 2.45) is 0 Å². The molecule has 5 nitrogen and oxygen atoms in total. The summed E-state index contributed by atoms with van der Waals surface area (Å²) in [7, 11) is 1.63. The fourth-order valence-corrected chi connectivity index (χ4v) is 2.81. The van der Waals surface area contributed by atoms with Crippen molar-refractivity contribution in [1.82, 2.24) is 5.16 Å². The van der Waals surface area contributed by atoms with Gasteiger partial charge in [-0.15, -0.1) is 0 Å². The number of methoxy groups -OCH3 is 1. The van der Waals surface area contributed by atoms with Crippen molar-refractivity contribution in [2.75, 3.05) is 7.11 Å². The van der Waals surface area contributed by atoms with Crippen molar-refractivity contribution >= 4 is 0 Å². The summed E-state index contributed by atoms with van der Waals surface area (Å²) in [5.74, 6) is 1.41. The van der Waals surface area contributed by atoms with Crippen LogP contribution in [0, 0.1) is 0 Å². The lowest BCUT2D eigenvalue weighted by Crippen LogP contribution is -2.13. The van der Waals surface area contributed by atoms with Gasteiger partial charge in [0.2, 0.25) is 0 Å². The minimum absolute atomic E-state index is 0.219. The topological polar surface area (TPSA) is 75.7 Å². The number of aliphatic hydroxyl groups excluding tert-OH is 2. The molecule has 0 unspecified atom stereocenters. The molecule has 0 amide bonds. The number of rotatable bonds is 8. The Hall–Kier alpha value is -2.63. The van der Waals surface area contributed by atoms with E-state index in [1.165, 1.54) is 0 Å². The van der Waals surface area contributed by atoms with Gasteiger partial charge in [0.05, 0.1) is 13.2 Å². The van der Waals surface area contributed by atoms with E-state index in [1.54, 1.807) is 13.2 Å². The van der Waals surface area contributed by atoms with E-state index < -0.39 is 12.2 Å². The predicted octanol–water partition coefficient (Wildman–Crippen LogP) is 3.77. The molecule has 2 aromatic carbocycles. The molecule has 3 aromatic rings. The van der Waals surface area contributed by atoms with Gasteiger partial charge in [-0.1, -0.05) is 47.6 Å². The van der Waals surface area contributed by atoms with Crippen LogP contribution in [0.1, 0.15) is 30.2 Å². The Morgan fingerprint density at radius 1 is 1.04 bits per heavy atom. The molecule has 0 spiro atoms. The molecule has 26 heavy (non-hydrogen) atoms. The van der Waals surface area contributed by atoms with Crippen molar-refractivity contribution in [3.05, 3.63) is 71.9 Å². The van der Waals surface area contributed by atoms with E-state index in [0.29, 0.717) is 17.9 Å². The zero-order valence-corrected chi connectivity index (χ0v) is 14.7. The van der Waals surface area contributed by atoms with Crippen molar-refractivity contribution in [1.29, 1.82) is 0 Å². The van der Waals surface area contributed by atoms with E-state index in [1.807, 2.05) is 54.6 Å². The van der Waals surface area contributed by atoms with Gasteiger partial charge < -0.3 is 19.5 Å². The van der Waals surface area contributed by atoms with Crippen LogP contribution in [0.2, 0.25) is 0 Å². The van der Waals surface area contributed by atoms with Gasteiger partial charge in [0, 0.05) is 18.1 Å². The van der Waals surface area contributed by atoms with Crippen LogP contribution in [0.15, 0.2) is 65.2 Å². The molecule has 0 fully saturated rings. The summed E-state index contributed by atoms with van der Waals surface area (Å²) in [4.78, 5) is 0. The van der Waals surface area contributed by atoms with Gasteiger partial charge in [0.25, 0.3) is 0 Å². The van der Waals surface area contributed by atoms with E-state index in [0.717, 1.165) is 23.3 Å². The van der Waals surface area contributed by atoms with Gasteiger partial charge in [-0.3, -0.25) is 0 Å². The third kappa shape index (κ3) is 4.71.